The van der Waals surface area contributed by atoms with Gasteiger partial charge in [-0.3, -0.25) is 0 Å². The molecule has 2 N–H and O–H groups in total. The monoisotopic (exact) mass is 255 g/mol. The third-order valence-electron chi connectivity index (χ3n) is 3.34. The number of hydrogen-bond acceptors (Lipinski definition) is 3. The molecule has 1 heterocycles. The summed E-state index contributed by atoms with van der Waals surface area (Å²) in [4.78, 5) is 0. The summed E-state index contributed by atoms with van der Waals surface area (Å²) < 4.78 is 5.61. The fourth-order valence-corrected chi connectivity index (χ4v) is 2.31. The zero-order valence-electron chi connectivity index (χ0n) is 10.7. The number of nitrogens with one attached hydrogen (secondary N) is 1. The molecule has 3 rings (SSSR count). The summed E-state index contributed by atoms with van der Waals surface area (Å²) >= 11 is 0. The number of aromatic hydroxyl groups is 1. The van der Waals surface area contributed by atoms with Crippen LogP contribution < -0.4 is 10.1 Å². The molecule has 3 nitrogen and oxygen atoms in total. The van der Waals surface area contributed by atoms with Crippen molar-refractivity contribution < 1.29 is 9.84 Å². The lowest BCUT2D eigenvalue weighted by molar-refractivity contribution is 0.288. The fraction of sp³-hybridized carbons (Fsp3) is 0.250. The van der Waals surface area contributed by atoms with Crippen molar-refractivity contribution in [3.05, 3.63) is 53.6 Å². The van der Waals surface area contributed by atoms with Gasteiger partial charge in [0.25, 0.3) is 0 Å². The average molecular weight is 255 g/mol. The number of ether oxygens (including phenoxy) is 1. The number of phenols is 1. The molecule has 0 saturated carbocycles. The van der Waals surface area contributed by atoms with E-state index in [9.17, 15) is 5.11 Å². The summed E-state index contributed by atoms with van der Waals surface area (Å²) in [6.07, 6.45) is 2.20. The van der Waals surface area contributed by atoms with E-state index in [1.807, 2.05) is 12.1 Å². The smallest absolute Gasteiger partial charge is 0.122 e. The minimum absolute atomic E-state index is 0.288. The minimum Gasteiger partial charge on any atom is -0.508 e. The maximum absolute atomic E-state index is 9.23. The first-order chi connectivity index (χ1) is 9.31. The Hall–Kier alpha value is -2.16. The molecule has 2 aromatic carbocycles. The fourth-order valence-electron chi connectivity index (χ4n) is 2.31. The van der Waals surface area contributed by atoms with E-state index < -0.39 is 0 Å². The molecule has 0 radical (unpaired) electrons. The summed E-state index contributed by atoms with van der Waals surface area (Å²) in [5, 5.41) is 12.6. The zero-order valence-corrected chi connectivity index (χ0v) is 10.7. The standard InChI is InChI=1S/C16H17NO2/c18-15-6-4-14(5-7-15)17-11-12-3-8-16-13(10-12)2-1-9-19-16/h3-8,10,17-18H,1-2,9,11H2. The first kappa shape index (κ1) is 11.9. The van der Waals surface area contributed by atoms with Crippen LogP contribution in [0.1, 0.15) is 17.5 Å². The number of benzene rings is 2. The summed E-state index contributed by atoms with van der Waals surface area (Å²) in [7, 11) is 0. The largest absolute Gasteiger partial charge is 0.508 e. The highest BCUT2D eigenvalue weighted by atomic mass is 16.5. The number of phenolic OH excluding ortho intramolecular Hbond substituents is 1. The summed E-state index contributed by atoms with van der Waals surface area (Å²) in [6, 6.07) is 13.5. The van der Waals surface area contributed by atoms with E-state index in [2.05, 4.69) is 23.5 Å². The Morgan fingerprint density at radius 1 is 1.11 bits per heavy atom. The third-order valence-corrected chi connectivity index (χ3v) is 3.34. The van der Waals surface area contributed by atoms with E-state index in [1.165, 1.54) is 11.1 Å². The second-order valence-electron chi connectivity index (χ2n) is 4.79. The highest BCUT2D eigenvalue weighted by Crippen LogP contribution is 2.26. The predicted octanol–water partition coefficient (Wildman–Crippen LogP) is 3.33. The summed E-state index contributed by atoms with van der Waals surface area (Å²) in [5.41, 5.74) is 3.56. The predicted molar refractivity (Wildman–Crippen MR) is 75.7 cm³/mol. The van der Waals surface area contributed by atoms with Crippen molar-refractivity contribution in [1.29, 1.82) is 0 Å². The van der Waals surface area contributed by atoms with Gasteiger partial charge < -0.3 is 15.2 Å². The van der Waals surface area contributed by atoms with Gasteiger partial charge in [0, 0.05) is 12.2 Å². The van der Waals surface area contributed by atoms with Gasteiger partial charge in [-0.15, -0.1) is 0 Å². The first-order valence-electron chi connectivity index (χ1n) is 6.59. The van der Waals surface area contributed by atoms with Gasteiger partial charge in [-0.25, -0.2) is 0 Å². The Labute approximate surface area is 112 Å². The van der Waals surface area contributed by atoms with Crippen LogP contribution in [0, 0.1) is 0 Å². The molecule has 1 aliphatic rings. The van der Waals surface area contributed by atoms with Gasteiger partial charge in [-0.1, -0.05) is 12.1 Å². The molecule has 19 heavy (non-hydrogen) atoms. The minimum atomic E-state index is 0.288. The van der Waals surface area contributed by atoms with Gasteiger partial charge in [0.2, 0.25) is 0 Å². The van der Waals surface area contributed by atoms with Crippen molar-refractivity contribution in [2.24, 2.45) is 0 Å². The van der Waals surface area contributed by atoms with E-state index >= 15 is 0 Å². The highest BCUT2D eigenvalue weighted by Gasteiger charge is 2.10. The van der Waals surface area contributed by atoms with E-state index in [0.717, 1.165) is 37.4 Å². The maximum atomic E-state index is 9.23. The number of hydrogen-bond donors (Lipinski definition) is 2. The van der Waals surface area contributed by atoms with Crippen molar-refractivity contribution in [2.45, 2.75) is 19.4 Å². The quantitative estimate of drug-likeness (QED) is 0.827. The average Bonchev–Trinajstić information content (AvgIpc) is 2.46. The number of fused-ring (bicyclic) bond motifs is 1. The van der Waals surface area contributed by atoms with Gasteiger partial charge >= 0.3 is 0 Å². The van der Waals surface area contributed by atoms with Crippen LogP contribution in [0.4, 0.5) is 5.69 Å². The van der Waals surface area contributed by atoms with Crippen LogP contribution >= 0.6 is 0 Å². The lowest BCUT2D eigenvalue weighted by Crippen LogP contribution is -2.09. The molecule has 0 saturated heterocycles. The molecule has 0 spiro atoms. The van der Waals surface area contributed by atoms with Crippen LogP contribution in [0.15, 0.2) is 42.5 Å². The Balaban J connectivity index is 1.68. The van der Waals surface area contributed by atoms with Crippen molar-refractivity contribution in [3.63, 3.8) is 0 Å². The van der Waals surface area contributed by atoms with Crippen LogP contribution in [-0.2, 0) is 13.0 Å². The normalized spacial score (nSPS) is 13.5. The Kier molecular flexibility index (Phi) is 3.27. The molecule has 0 amide bonds. The molecule has 0 unspecified atom stereocenters. The molecule has 2 aromatic rings. The second kappa shape index (κ2) is 5.22. The number of aryl methyl sites for hydroxylation is 1. The zero-order chi connectivity index (χ0) is 13.1. The molecule has 1 aliphatic heterocycles. The van der Waals surface area contributed by atoms with Gasteiger partial charge in [0.15, 0.2) is 0 Å². The van der Waals surface area contributed by atoms with Gasteiger partial charge in [0.1, 0.15) is 11.5 Å². The molecular weight excluding hydrogens is 238 g/mol. The topological polar surface area (TPSA) is 41.5 Å². The summed E-state index contributed by atoms with van der Waals surface area (Å²) in [5.74, 6) is 1.32. The van der Waals surface area contributed by atoms with Crippen LogP contribution in [0.5, 0.6) is 11.5 Å². The van der Waals surface area contributed by atoms with E-state index in [4.69, 9.17) is 4.74 Å². The van der Waals surface area contributed by atoms with Gasteiger partial charge in [-0.05, 0) is 54.3 Å². The molecular formula is C16H17NO2. The van der Waals surface area contributed by atoms with Crippen LogP contribution in [0.3, 0.4) is 0 Å². The van der Waals surface area contributed by atoms with Crippen LogP contribution in [-0.4, -0.2) is 11.7 Å². The molecule has 3 heteroatoms. The Morgan fingerprint density at radius 2 is 1.95 bits per heavy atom. The first-order valence-corrected chi connectivity index (χ1v) is 6.59. The third kappa shape index (κ3) is 2.81. The second-order valence-corrected chi connectivity index (χ2v) is 4.79. The van der Waals surface area contributed by atoms with Crippen LogP contribution in [0.25, 0.3) is 0 Å². The molecule has 0 aliphatic carbocycles. The molecule has 98 valence electrons. The number of rotatable bonds is 3. The lowest BCUT2D eigenvalue weighted by atomic mass is 10.0. The van der Waals surface area contributed by atoms with Gasteiger partial charge in [-0.2, -0.15) is 0 Å². The van der Waals surface area contributed by atoms with E-state index in [1.54, 1.807) is 12.1 Å². The molecule has 0 atom stereocenters. The molecule has 0 fully saturated rings. The van der Waals surface area contributed by atoms with E-state index in [-0.39, 0.29) is 5.75 Å². The number of anilines is 1. The molecule has 0 bridgehead atoms. The van der Waals surface area contributed by atoms with Crippen molar-refractivity contribution >= 4 is 5.69 Å². The lowest BCUT2D eigenvalue weighted by Gasteiger charge is -2.18. The Morgan fingerprint density at radius 3 is 2.79 bits per heavy atom. The van der Waals surface area contributed by atoms with Crippen molar-refractivity contribution in [2.75, 3.05) is 11.9 Å². The van der Waals surface area contributed by atoms with Crippen molar-refractivity contribution in [3.8, 4) is 11.5 Å². The summed E-state index contributed by atoms with van der Waals surface area (Å²) in [6.45, 7) is 1.61. The van der Waals surface area contributed by atoms with Crippen molar-refractivity contribution in [1.82, 2.24) is 0 Å². The Bertz CT molecular complexity index is 563. The highest BCUT2D eigenvalue weighted by molar-refractivity contribution is 5.47. The molecule has 0 aromatic heterocycles. The van der Waals surface area contributed by atoms with E-state index in [0.29, 0.717) is 0 Å². The van der Waals surface area contributed by atoms with Crippen LogP contribution in [0.2, 0.25) is 0 Å². The van der Waals surface area contributed by atoms with Gasteiger partial charge in [0.05, 0.1) is 6.61 Å². The SMILES string of the molecule is Oc1ccc(NCc2ccc3c(c2)CCCO3)cc1. The maximum Gasteiger partial charge on any atom is 0.122 e.